The van der Waals surface area contributed by atoms with Gasteiger partial charge in [0.15, 0.2) is 0 Å². The molecule has 3 rings (SSSR count). The third-order valence-electron chi connectivity index (χ3n) is 5.28. The maximum absolute atomic E-state index is 13.6. The molecule has 0 spiro atoms. The number of aryl methyl sites for hydroxylation is 1. The van der Waals surface area contributed by atoms with Crippen molar-refractivity contribution < 1.29 is 32.3 Å². The molecule has 10 nitrogen and oxygen atoms in total. The summed E-state index contributed by atoms with van der Waals surface area (Å²) in [7, 11) is -4.54. The van der Waals surface area contributed by atoms with Crippen LogP contribution in [-0.4, -0.2) is 49.4 Å². The number of nitriles is 1. The number of urea groups is 1. The third-order valence-corrected chi connectivity index (χ3v) is 7.04. The van der Waals surface area contributed by atoms with Crippen LogP contribution in [0.15, 0.2) is 53.4 Å². The lowest BCUT2D eigenvalue weighted by molar-refractivity contribution is -0.166. The van der Waals surface area contributed by atoms with Crippen LogP contribution in [0.5, 0.6) is 0 Å². The number of sulfonamides is 1. The van der Waals surface area contributed by atoms with Gasteiger partial charge in [-0.05, 0) is 50.6 Å². The van der Waals surface area contributed by atoms with Crippen LogP contribution in [0.1, 0.15) is 36.6 Å². The van der Waals surface area contributed by atoms with E-state index in [1.807, 2.05) is 6.07 Å². The van der Waals surface area contributed by atoms with Gasteiger partial charge in [0.05, 0.1) is 29.7 Å². The molecule has 0 aliphatic carbocycles. The summed E-state index contributed by atoms with van der Waals surface area (Å²) < 4.78 is 37.9. The Morgan fingerprint density at radius 2 is 1.56 bits per heavy atom. The fourth-order valence-corrected chi connectivity index (χ4v) is 5.21. The van der Waals surface area contributed by atoms with Crippen LogP contribution >= 0.6 is 0 Å². The van der Waals surface area contributed by atoms with Crippen LogP contribution in [0.4, 0.5) is 4.79 Å². The molecule has 178 valence electrons. The first kappa shape index (κ1) is 24.7. The highest BCUT2D eigenvalue weighted by Crippen LogP contribution is 2.42. The van der Waals surface area contributed by atoms with Crippen molar-refractivity contribution in [3.63, 3.8) is 0 Å². The van der Waals surface area contributed by atoms with Crippen molar-refractivity contribution in [3.05, 3.63) is 65.2 Å². The molecule has 0 radical (unpaired) electrons. The minimum Gasteiger partial charge on any atom is -0.464 e. The third kappa shape index (κ3) is 4.08. The number of hydrogen-bond donors (Lipinski definition) is 1. The predicted molar refractivity (Wildman–Crippen MR) is 119 cm³/mol. The maximum atomic E-state index is 13.6. The van der Waals surface area contributed by atoms with Gasteiger partial charge in [0.25, 0.3) is 15.6 Å². The molecule has 0 unspecified atom stereocenters. The second-order valence-corrected chi connectivity index (χ2v) is 9.24. The van der Waals surface area contributed by atoms with Gasteiger partial charge in [-0.25, -0.2) is 27.1 Å². The molecule has 1 heterocycles. The lowest BCUT2D eigenvalue weighted by Gasteiger charge is -2.32. The van der Waals surface area contributed by atoms with Gasteiger partial charge in [-0.3, -0.25) is 0 Å². The van der Waals surface area contributed by atoms with Gasteiger partial charge in [0.1, 0.15) is 6.04 Å². The van der Waals surface area contributed by atoms with E-state index < -0.39 is 39.6 Å². The minimum absolute atomic E-state index is 0.106. The summed E-state index contributed by atoms with van der Waals surface area (Å²) >= 11 is 0. The van der Waals surface area contributed by atoms with Crippen molar-refractivity contribution in [2.24, 2.45) is 0 Å². The largest absolute Gasteiger partial charge is 0.464 e. The molecule has 2 aromatic carbocycles. The van der Waals surface area contributed by atoms with Crippen LogP contribution in [0, 0.1) is 18.3 Å². The molecule has 1 aliphatic rings. The Labute approximate surface area is 197 Å². The second-order valence-electron chi connectivity index (χ2n) is 7.43. The molecule has 1 aliphatic heterocycles. The number of esters is 2. The number of nitrogens with one attached hydrogen (secondary N) is 1. The first-order valence-electron chi connectivity index (χ1n) is 10.4. The van der Waals surface area contributed by atoms with Crippen LogP contribution in [-0.2, 0) is 29.1 Å². The summed E-state index contributed by atoms with van der Waals surface area (Å²) in [6.45, 7) is 4.50. The molecule has 1 saturated heterocycles. The lowest BCUT2D eigenvalue weighted by atomic mass is 9.86. The van der Waals surface area contributed by atoms with Crippen LogP contribution in [0.25, 0.3) is 0 Å². The van der Waals surface area contributed by atoms with E-state index in [9.17, 15) is 22.8 Å². The maximum Gasteiger partial charge on any atom is 0.346 e. The Bertz CT molecular complexity index is 1230. The Balaban J connectivity index is 2.30. The van der Waals surface area contributed by atoms with Crippen LogP contribution < -0.4 is 5.32 Å². The van der Waals surface area contributed by atoms with Crippen LogP contribution in [0.3, 0.4) is 0 Å². The average molecular weight is 486 g/mol. The minimum atomic E-state index is -4.54. The van der Waals surface area contributed by atoms with E-state index in [4.69, 9.17) is 14.7 Å². The quantitative estimate of drug-likeness (QED) is 0.464. The Hall–Kier alpha value is -3.91. The van der Waals surface area contributed by atoms with Crippen molar-refractivity contribution in [1.82, 2.24) is 9.62 Å². The number of amides is 2. The molecule has 2 amide bonds. The summed E-state index contributed by atoms with van der Waals surface area (Å²) in [6, 6.07) is 10.3. The monoisotopic (exact) mass is 485 g/mol. The molecule has 0 bridgehead atoms. The van der Waals surface area contributed by atoms with Crippen molar-refractivity contribution in [2.45, 2.75) is 37.2 Å². The molecule has 1 fully saturated rings. The molecule has 2 aromatic rings. The average Bonchev–Trinajstić information content (AvgIpc) is 3.14. The smallest absolute Gasteiger partial charge is 0.346 e. The highest BCUT2D eigenvalue weighted by atomic mass is 32.2. The molecule has 0 saturated carbocycles. The van der Waals surface area contributed by atoms with Gasteiger partial charge >= 0.3 is 18.0 Å². The first-order valence-corrected chi connectivity index (χ1v) is 11.8. The Kier molecular flexibility index (Phi) is 6.93. The Morgan fingerprint density at radius 3 is 2.03 bits per heavy atom. The molecule has 11 heteroatoms. The van der Waals surface area contributed by atoms with Crippen molar-refractivity contribution in [3.8, 4) is 6.07 Å². The standard InChI is InChI=1S/C23H23N3O7S/c1-4-32-20(27)23(21(28)33-5-2)19(17-10-8-16(14-24)9-11-17)26(22(29)25-23)34(30,31)18-12-6-15(3)7-13-18/h6-13,19H,4-5H2,1-3H3,(H,25,29)/t19-/m1/s1. The summed E-state index contributed by atoms with van der Waals surface area (Å²) in [4.78, 5) is 39.3. The molecular formula is C23H23N3O7S. The van der Waals surface area contributed by atoms with Gasteiger partial charge in [0, 0.05) is 0 Å². The number of carbonyl (C=O) groups excluding carboxylic acids is 3. The number of benzene rings is 2. The van der Waals surface area contributed by atoms with Gasteiger partial charge < -0.3 is 14.8 Å². The van der Waals surface area contributed by atoms with Crippen LogP contribution in [0.2, 0.25) is 0 Å². The van der Waals surface area contributed by atoms with Gasteiger partial charge in [-0.1, -0.05) is 29.8 Å². The normalized spacial score (nSPS) is 16.9. The van der Waals surface area contributed by atoms with Crippen molar-refractivity contribution in [1.29, 1.82) is 5.26 Å². The molecule has 0 aromatic heterocycles. The highest BCUT2D eigenvalue weighted by molar-refractivity contribution is 7.89. The van der Waals surface area contributed by atoms with E-state index in [1.165, 1.54) is 50.2 Å². The molecule has 34 heavy (non-hydrogen) atoms. The number of nitrogens with zero attached hydrogens (tertiary/aromatic N) is 2. The van der Waals surface area contributed by atoms with E-state index in [0.717, 1.165) is 5.56 Å². The number of rotatable bonds is 7. The van der Waals surface area contributed by atoms with E-state index >= 15 is 0 Å². The van der Waals surface area contributed by atoms with E-state index in [-0.39, 0.29) is 29.2 Å². The fraction of sp³-hybridized carbons (Fsp3) is 0.304. The summed E-state index contributed by atoms with van der Waals surface area (Å²) in [5, 5.41) is 11.4. The summed E-state index contributed by atoms with van der Waals surface area (Å²) in [5.41, 5.74) is -1.35. The lowest BCUT2D eigenvalue weighted by Crippen LogP contribution is -2.60. The number of ether oxygens (including phenoxy) is 2. The summed E-state index contributed by atoms with van der Waals surface area (Å²) in [6.07, 6.45) is 0. The van der Waals surface area contributed by atoms with Crippen molar-refractivity contribution >= 4 is 28.0 Å². The zero-order valence-corrected chi connectivity index (χ0v) is 19.6. The highest BCUT2D eigenvalue weighted by Gasteiger charge is 2.67. The zero-order chi connectivity index (χ0) is 25.1. The zero-order valence-electron chi connectivity index (χ0n) is 18.8. The summed E-state index contributed by atoms with van der Waals surface area (Å²) in [5.74, 6) is -2.34. The van der Waals surface area contributed by atoms with E-state index in [0.29, 0.717) is 4.31 Å². The van der Waals surface area contributed by atoms with Gasteiger partial charge in [0.2, 0.25) is 0 Å². The van der Waals surface area contributed by atoms with Crippen molar-refractivity contribution in [2.75, 3.05) is 13.2 Å². The number of hydrogen-bond acceptors (Lipinski definition) is 8. The SMILES string of the molecule is CCOC(=O)C1(C(=O)OCC)NC(=O)N(S(=O)(=O)c2ccc(C)cc2)[C@@H]1c1ccc(C#N)cc1. The molecular weight excluding hydrogens is 462 g/mol. The topological polar surface area (TPSA) is 143 Å². The Morgan fingerprint density at radius 1 is 1.03 bits per heavy atom. The predicted octanol–water partition coefficient (Wildman–Crippen LogP) is 2.19. The van der Waals surface area contributed by atoms with Gasteiger partial charge in [-0.2, -0.15) is 5.26 Å². The van der Waals surface area contributed by atoms with Gasteiger partial charge in [-0.15, -0.1) is 0 Å². The second kappa shape index (κ2) is 9.52. The molecule has 1 atom stereocenters. The fourth-order valence-electron chi connectivity index (χ4n) is 3.68. The first-order chi connectivity index (χ1) is 16.1. The molecule has 1 N–H and O–H groups in total. The van der Waals surface area contributed by atoms with E-state index in [2.05, 4.69) is 5.32 Å². The van der Waals surface area contributed by atoms with E-state index in [1.54, 1.807) is 19.1 Å². The number of carbonyl (C=O) groups is 3.